The standard InChI is InChI=1S/C16H17NO2/c1-19-12-14-8-5-9-15(10-14)17-16(18)11-13-6-3-2-4-7-13/h2-10H,11-12H2,1H3,(H,17,18). The molecule has 2 aromatic rings. The lowest BCUT2D eigenvalue weighted by molar-refractivity contribution is -0.115. The zero-order valence-corrected chi connectivity index (χ0v) is 10.9. The van der Waals surface area contributed by atoms with Crippen LogP contribution in [0.3, 0.4) is 0 Å². The Bertz CT molecular complexity index is 537. The Kier molecular flexibility index (Phi) is 4.70. The Labute approximate surface area is 113 Å². The van der Waals surface area contributed by atoms with Gasteiger partial charge < -0.3 is 10.1 Å². The highest BCUT2D eigenvalue weighted by atomic mass is 16.5. The van der Waals surface area contributed by atoms with Crippen molar-refractivity contribution in [2.75, 3.05) is 12.4 Å². The van der Waals surface area contributed by atoms with Gasteiger partial charge in [0.05, 0.1) is 13.0 Å². The molecule has 1 amide bonds. The summed E-state index contributed by atoms with van der Waals surface area (Å²) in [5, 5.41) is 2.89. The molecule has 0 atom stereocenters. The van der Waals surface area contributed by atoms with Crippen molar-refractivity contribution in [3.05, 3.63) is 65.7 Å². The predicted molar refractivity (Wildman–Crippen MR) is 75.9 cm³/mol. The van der Waals surface area contributed by atoms with Gasteiger partial charge in [-0.2, -0.15) is 0 Å². The first-order chi connectivity index (χ1) is 9.28. The van der Waals surface area contributed by atoms with Crippen LogP contribution in [0, 0.1) is 0 Å². The average molecular weight is 255 g/mol. The van der Waals surface area contributed by atoms with Crippen molar-refractivity contribution in [1.29, 1.82) is 0 Å². The van der Waals surface area contributed by atoms with E-state index in [0.29, 0.717) is 13.0 Å². The molecule has 19 heavy (non-hydrogen) atoms. The van der Waals surface area contributed by atoms with E-state index in [9.17, 15) is 4.79 Å². The molecule has 0 aliphatic heterocycles. The minimum Gasteiger partial charge on any atom is -0.380 e. The van der Waals surface area contributed by atoms with Crippen LogP contribution in [0.15, 0.2) is 54.6 Å². The maximum Gasteiger partial charge on any atom is 0.228 e. The van der Waals surface area contributed by atoms with E-state index in [4.69, 9.17) is 4.74 Å². The summed E-state index contributed by atoms with van der Waals surface area (Å²) in [7, 11) is 1.65. The summed E-state index contributed by atoms with van der Waals surface area (Å²) >= 11 is 0. The van der Waals surface area contributed by atoms with Crippen molar-refractivity contribution in [2.24, 2.45) is 0 Å². The molecule has 0 aromatic heterocycles. The van der Waals surface area contributed by atoms with Gasteiger partial charge in [-0.25, -0.2) is 0 Å². The van der Waals surface area contributed by atoms with Gasteiger partial charge in [0, 0.05) is 12.8 Å². The van der Waals surface area contributed by atoms with E-state index < -0.39 is 0 Å². The molecule has 0 bridgehead atoms. The number of amides is 1. The van der Waals surface area contributed by atoms with Gasteiger partial charge in [-0.15, -0.1) is 0 Å². The van der Waals surface area contributed by atoms with Crippen molar-refractivity contribution in [3.63, 3.8) is 0 Å². The highest BCUT2D eigenvalue weighted by Gasteiger charge is 2.04. The average Bonchev–Trinajstić information content (AvgIpc) is 2.40. The first-order valence-corrected chi connectivity index (χ1v) is 6.19. The summed E-state index contributed by atoms with van der Waals surface area (Å²) in [5.41, 5.74) is 2.85. The normalized spacial score (nSPS) is 10.2. The van der Waals surface area contributed by atoms with E-state index in [1.165, 1.54) is 0 Å². The van der Waals surface area contributed by atoms with E-state index in [2.05, 4.69) is 5.32 Å². The number of benzene rings is 2. The molecule has 0 saturated carbocycles. The molecule has 0 heterocycles. The van der Waals surface area contributed by atoms with E-state index >= 15 is 0 Å². The van der Waals surface area contributed by atoms with E-state index in [1.807, 2.05) is 54.6 Å². The van der Waals surface area contributed by atoms with Gasteiger partial charge in [0.25, 0.3) is 0 Å². The zero-order valence-electron chi connectivity index (χ0n) is 10.9. The minimum atomic E-state index is -0.0132. The molecule has 98 valence electrons. The molecule has 0 saturated heterocycles. The van der Waals surface area contributed by atoms with Crippen molar-refractivity contribution < 1.29 is 9.53 Å². The van der Waals surface area contributed by atoms with Crippen molar-refractivity contribution in [1.82, 2.24) is 0 Å². The quantitative estimate of drug-likeness (QED) is 0.892. The maximum atomic E-state index is 11.9. The number of nitrogens with one attached hydrogen (secondary N) is 1. The Morgan fingerprint density at radius 3 is 2.53 bits per heavy atom. The first kappa shape index (κ1) is 13.3. The minimum absolute atomic E-state index is 0.0132. The lowest BCUT2D eigenvalue weighted by atomic mass is 10.1. The van der Waals surface area contributed by atoms with Crippen LogP contribution in [0.4, 0.5) is 5.69 Å². The van der Waals surface area contributed by atoms with E-state index in [-0.39, 0.29) is 5.91 Å². The molecule has 0 aliphatic rings. The molecule has 1 N–H and O–H groups in total. The van der Waals surface area contributed by atoms with Gasteiger partial charge in [-0.3, -0.25) is 4.79 Å². The fourth-order valence-electron chi connectivity index (χ4n) is 1.89. The van der Waals surface area contributed by atoms with Crippen LogP contribution in [0.1, 0.15) is 11.1 Å². The largest absolute Gasteiger partial charge is 0.380 e. The van der Waals surface area contributed by atoms with E-state index in [1.54, 1.807) is 7.11 Å². The highest BCUT2D eigenvalue weighted by molar-refractivity contribution is 5.92. The second-order valence-electron chi connectivity index (χ2n) is 4.34. The summed E-state index contributed by atoms with van der Waals surface area (Å²) < 4.78 is 5.07. The Morgan fingerprint density at radius 1 is 1.05 bits per heavy atom. The molecular weight excluding hydrogens is 238 g/mol. The van der Waals surface area contributed by atoms with Crippen molar-refractivity contribution in [3.8, 4) is 0 Å². The first-order valence-electron chi connectivity index (χ1n) is 6.19. The third-order valence-corrected chi connectivity index (χ3v) is 2.73. The summed E-state index contributed by atoms with van der Waals surface area (Å²) in [4.78, 5) is 11.9. The van der Waals surface area contributed by atoms with Gasteiger partial charge in [-0.05, 0) is 23.3 Å². The van der Waals surface area contributed by atoms with Crippen molar-refractivity contribution in [2.45, 2.75) is 13.0 Å². The lowest BCUT2D eigenvalue weighted by Gasteiger charge is -2.07. The fraction of sp³-hybridized carbons (Fsp3) is 0.188. The monoisotopic (exact) mass is 255 g/mol. The summed E-state index contributed by atoms with van der Waals surface area (Å²) in [6, 6.07) is 17.4. The van der Waals surface area contributed by atoms with Gasteiger partial charge >= 0.3 is 0 Å². The fourth-order valence-corrected chi connectivity index (χ4v) is 1.89. The molecule has 0 radical (unpaired) electrons. The molecule has 0 fully saturated rings. The number of anilines is 1. The number of rotatable bonds is 5. The highest BCUT2D eigenvalue weighted by Crippen LogP contribution is 2.12. The van der Waals surface area contributed by atoms with Crippen LogP contribution >= 0.6 is 0 Å². The van der Waals surface area contributed by atoms with Crippen LogP contribution in [0.5, 0.6) is 0 Å². The van der Waals surface area contributed by atoms with Crippen LogP contribution in [0.25, 0.3) is 0 Å². The van der Waals surface area contributed by atoms with Crippen molar-refractivity contribution >= 4 is 11.6 Å². The maximum absolute atomic E-state index is 11.9. The Hall–Kier alpha value is -2.13. The van der Waals surface area contributed by atoms with Crippen LogP contribution in [-0.4, -0.2) is 13.0 Å². The smallest absolute Gasteiger partial charge is 0.228 e. The molecular formula is C16H17NO2. The lowest BCUT2D eigenvalue weighted by Crippen LogP contribution is -2.14. The number of carbonyl (C=O) groups is 1. The van der Waals surface area contributed by atoms with Gasteiger partial charge in [0.15, 0.2) is 0 Å². The molecule has 2 aromatic carbocycles. The topological polar surface area (TPSA) is 38.3 Å². The number of ether oxygens (including phenoxy) is 1. The molecule has 2 rings (SSSR count). The van der Waals surface area contributed by atoms with Gasteiger partial charge in [0.2, 0.25) is 5.91 Å². The SMILES string of the molecule is COCc1cccc(NC(=O)Cc2ccccc2)c1. The van der Waals surface area contributed by atoms with Crippen LogP contribution in [0.2, 0.25) is 0 Å². The third kappa shape index (κ3) is 4.23. The second kappa shape index (κ2) is 6.71. The summed E-state index contributed by atoms with van der Waals surface area (Å²) in [6.45, 7) is 0.544. The predicted octanol–water partition coefficient (Wildman–Crippen LogP) is 3.01. The summed E-state index contributed by atoms with van der Waals surface area (Å²) in [5.74, 6) is -0.0132. The van der Waals surface area contributed by atoms with E-state index in [0.717, 1.165) is 16.8 Å². The molecule has 0 aliphatic carbocycles. The Morgan fingerprint density at radius 2 is 1.79 bits per heavy atom. The molecule has 3 nitrogen and oxygen atoms in total. The van der Waals surface area contributed by atoms with Gasteiger partial charge in [0.1, 0.15) is 0 Å². The number of carbonyl (C=O) groups excluding carboxylic acids is 1. The Balaban J connectivity index is 1.97. The summed E-state index contributed by atoms with van der Waals surface area (Å²) in [6.07, 6.45) is 0.384. The van der Waals surface area contributed by atoms with Crippen LogP contribution < -0.4 is 5.32 Å². The number of hydrogen-bond donors (Lipinski definition) is 1. The molecule has 0 unspecified atom stereocenters. The van der Waals surface area contributed by atoms with Crippen LogP contribution in [-0.2, 0) is 22.6 Å². The zero-order chi connectivity index (χ0) is 13.5. The molecule has 3 heteroatoms. The number of hydrogen-bond acceptors (Lipinski definition) is 2. The second-order valence-corrected chi connectivity index (χ2v) is 4.34. The third-order valence-electron chi connectivity index (χ3n) is 2.73. The van der Waals surface area contributed by atoms with Gasteiger partial charge in [-0.1, -0.05) is 42.5 Å². The number of methoxy groups -OCH3 is 1. The molecule has 0 spiro atoms.